The Morgan fingerprint density at radius 1 is 1.04 bits per heavy atom. The molecule has 0 bridgehead atoms. The molecule has 0 unspecified atom stereocenters. The third-order valence-electron chi connectivity index (χ3n) is 6.58. The smallest absolute Gasteiger partial charge is 0.224 e. The van der Waals surface area contributed by atoms with Crippen LogP contribution in [0.3, 0.4) is 0 Å². The minimum Gasteiger partial charge on any atom is -0.353 e. The molecule has 28 heavy (non-hydrogen) atoms. The lowest BCUT2D eigenvalue weighted by molar-refractivity contribution is -0.127. The summed E-state index contributed by atoms with van der Waals surface area (Å²) < 4.78 is 0. The summed E-state index contributed by atoms with van der Waals surface area (Å²) in [4.78, 5) is 20.4. The minimum absolute atomic E-state index is 0.155. The molecule has 154 valence electrons. The first-order valence-corrected chi connectivity index (χ1v) is 11.1. The highest BCUT2D eigenvalue weighted by molar-refractivity contribution is 5.79. The number of nitrogens with one attached hydrogen (secondary N) is 1. The summed E-state index contributed by atoms with van der Waals surface area (Å²) in [6, 6.07) is 11.2. The molecular formula is C23H36N4O. The van der Waals surface area contributed by atoms with Gasteiger partial charge in [0.15, 0.2) is 0 Å². The Hall–Kier alpha value is -1.43. The van der Waals surface area contributed by atoms with Gasteiger partial charge in [-0.25, -0.2) is 0 Å². The maximum Gasteiger partial charge on any atom is 0.224 e. The SMILES string of the molecule is CN1CCN(C[C@H]2C[C@@H](C(=O)NC3CC3)CN(CCc3ccccc3)C2)CC1. The van der Waals surface area contributed by atoms with Gasteiger partial charge in [0.05, 0.1) is 5.92 Å². The summed E-state index contributed by atoms with van der Waals surface area (Å²) in [6.07, 6.45) is 4.45. The minimum atomic E-state index is 0.155. The zero-order valence-electron chi connectivity index (χ0n) is 17.4. The topological polar surface area (TPSA) is 38.8 Å². The van der Waals surface area contributed by atoms with Crippen LogP contribution < -0.4 is 5.32 Å². The fourth-order valence-corrected chi connectivity index (χ4v) is 4.68. The maximum absolute atomic E-state index is 12.8. The highest BCUT2D eigenvalue weighted by atomic mass is 16.2. The fourth-order valence-electron chi connectivity index (χ4n) is 4.68. The first kappa shape index (κ1) is 19.9. The largest absolute Gasteiger partial charge is 0.353 e. The Kier molecular flexibility index (Phi) is 6.65. The number of carbonyl (C=O) groups is 1. The van der Waals surface area contributed by atoms with Gasteiger partial charge in [0.2, 0.25) is 5.91 Å². The van der Waals surface area contributed by atoms with Crippen LogP contribution in [0.4, 0.5) is 0 Å². The van der Waals surface area contributed by atoms with Crippen molar-refractivity contribution >= 4 is 5.91 Å². The summed E-state index contributed by atoms with van der Waals surface area (Å²) >= 11 is 0. The molecule has 2 heterocycles. The van der Waals surface area contributed by atoms with Gasteiger partial charge in [-0.05, 0) is 44.2 Å². The first-order valence-electron chi connectivity index (χ1n) is 11.1. The van der Waals surface area contributed by atoms with Gasteiger partial charge in [0.1, 0.15) is 0 Å². The van der Waals surface area contributed by atoms with Gasteiger partial charge >= 0.3 is 0 Å². The highest BCUT2D eigenvalue weighted by Crippen LogP contribution is 2.26. The van der Waals surface area contributed by atoms with Crippen molar-refractivity contribution in [2.45, 2.75) is 31.7 Å². The molecule has 0 aromatic heterocycles. The number of benzene rings is 1. The average Bonchev–Trinajstić information content (AvgIpc) is 3.53. The number of nitrogens with zero attached hydrogens (tertiary/aromatic N) is 3. The molecule has 1 aromatic carbocycles. The van der Waals surface area contributed by atoms with Crippen molar-refractivity contribution in [1.29, 1.82) is 0 Å². The fraction of sp³-hybridized carbons (Fsp3) is 0.696. The third-order valence-corrected chi connectivity index (χ3v) is 6.58. The van der Waals surface area contributed by atoms with Crippen LogP contribution in [0.1, 0.15) is 24.8 Å². The second-order valence-corrected chi connectivity index (χ2v) is 9.18. The van der Waals surface area contributed by atoms with Crippen LogP contribution in [0, 0.1) is 11.8 Å². The predicted molar refractivity (Wildman–Crippen MR) is 113 cm³/mol. The van der Waals surface area contributed by atoms with Gasteiger partial charge in [-0.3, -0.25) is 4.79 Å². The molecule has 0 spiro atoms. The molecule has 2 atom stereocenters. The second-order valence-electron chi connectivity index (χ2n) is 9.18. The molecule has 5 nitrogen and oxygen atoms in total. The number of likely N-dealkylation sites (tertiary alicyclic amines) is 1. The molecule has 1 aliphatic carbocycles. The number of piperidine rings is 1. The molecule has 0 radical (unpaired) electrons. The van der Waals surface area contributed by atoms with Crippen LogP contribution >= 0.6 is 0 Å². The Labute approximate surface area is 170 Å². The number of rotatable bonds is 7. The number of likely N-dealkylation sites (N-methyl/N-ethyl adjacent to an activating group) is 1. The summed E-state index contributed by atoms with van der Waals surface area (Å²) in [6.45, 7) is 8.90. The number of carbonyl (C=O) groups excluding carboxylic acids is 1. The zero-order valence-corrected chi connectivity index (χ0v) is 17.4. The van der Waals surface area contributed by atoms with Crippen molar-refractivity contribution in [3.63, 3.8) is 0 Å². The van der Waals surface area contributed by atoms with E-state index in [0.29, 0.717) is 17.9 Å². The van der Waals surface area contributed by atoms with Crippen molar-refractivity contribution in [3.05, 3.63) is 35.9 Å². The van der Waals surface area contributed by atoms with E-state index in [-0.39, 0.29) is 5.92 Å². The van der Waals surface area contributed by atoms with Gasteiger partial charge in [-0.15, -0.1) is 0 Å². The van der Waals surface area contributed by atoms with E-state index in [1.54, 1.807) is 0 Å². The van der Waals surface area contributed by atoms with Crippen LogP contribution in [0.25, 0.3) is 0 Å². The molecule has 1 N–H and O–H groups in total. The normalized spacial score (nSPS) is 27.6. The van der Waals surface area contributed by atoms with Crippen LogP contribution in [-0.4, -0.2) is 86.1 Å². The van der Waals surface area contributed by atoms with Crippen LogP contribution in [0.5, 0.6) is 0 Å². The van der Waals surface area contributed by atoms with Crippen LogP contribution in [-0.2, 0) is 11.2 Å². The van der Waals surface area contributed by atoms with E-state index in [0.717, 1.165) is 65.2 Å². The maximum atomic E-state index is 12.8. The molecule has 1 saturated carbocycles. The summed E-state index contributed by atoms with van der Waals surface area (Å²) in [5.41, 5.74) is 1.39. The molecule has 5 heteroatoms. The average molecular weight is 385 g/mol. The Morgan fingerprint density at radius 2 is 1.79 bits per heavy atom. The van der Waals surface area contributed by atoms with Gasteiger partial charge in [-0.1, -0.05) is 30.3 Å². The van der Waals surface area contributed by atoms with Crippen molar-refractivity contribution in [2.24, 2.45) is 11.8 Å². The van der Waals surface area contributed by atoms with E-state index >= 15 is 0 Å². The van der Waals surface area contributed by atoms with Crippen LogP contribution in [0.2, 0.25) is 0 Å². The highest BCUT2D eigenvalue weighted by Gasteiger charge is 2.34. The molecule has 2 aliphatic heterocycles. The number of hydrogen-bond donors (Lipinski definition) is 1. The molecule has 4 rings (SSSR count). The zero-order chi connectivity index (χ0) is 19.3. The van der Waals surface area contributed by atoms with Crippen molar-refractivity contribution in [1.82, 2.24) is 20.0 Å². The molecule has 3 fully saturated rings. The molecule has 1 amide bonds. The molecule has 3 aliphatic rings. The van der Waals surface area contributed by atoms with Gasteiger partial charge in [0.25, 0.3) is 0 Å². The van der Waals surface area contributed by atoms with Crippen molar-refractivity contribution in [3.8, 4) is 0 Å². The van der Waals surface area contributed by atoms with Gasteiger partial charge in [-0.2, -0.15) is 0 Å². The molecule has 2 saturated heterocycles. The Balaban J connectivity index is 1.34. The number of piperazine rings is 1. The third kappa shape index (κ3) is 5.79. The van der Waals surface area contributed by atoms with Gasteiger partial charge < -0.3 is 20.0 Å². The summed E-state index contributed by atoms with van der Waals surface area (Å²) in [5, 5.41) is 3.26. The lowest BCUT2D eigenvalue weighted by Gasteiger charge is -2.41. The standard InChI is InChI=1S/C23H36N4O/c1-25-11-13-26(14-12-25)16-20-15-21(23(28)24-22-7-8-22)18-27(17-20)10-9-19-5-3-2-4-6-19/h2-6,20-22H,7-18H2,1H3,(H,24,28)/t20-,21-/m1/s1. The lowest BCUT2D eigenvalue weighted by Crippen LogP contribution is -2.52. The van der Waals surface area contributed by atoms with Crippen LogP contribution in [0.15, 0.2) is 30.3 Å². The summed E-state index contributed by atoms with van der Waals surface area (Å²) in [5.74, 6) is 1.06. The van der Waals surface area contributed by atoms with E-state index in [4.69, 9.17) is 0 Å². The molecular weight excluding hydrogens is 348 g/mol. The van der Waals surface area contributed by atoms with E-state index in [2.05, 4.69) is 57.4 Å². The monoisotopic (exact) mass is 384 g/mol. The number of amides is 1. The Morgan fingerprint density at radius 3 is 2.50 bits per heavy atom. The lowest BCUT2D eigenvalue weighted by atomic mass is 9.87. The second kappa shape index (κ2) is 9.38. The Bertz CT molecular complexity index is 625. The van der Waals surface area contributed by atoms with E-state index in [1.165, 1.54) is 18.4 Å². The van der Waals surface area contributed by atoms with Crippen molar-refractivity contribution in [2.75, 3.05) is 59.4 Å². The van der Waals surface area contributed by atoms with E-state index in [1.807, 2.05) is 0 Å². The van der Waals surface area contributed by atoms with E-state index < -0.39 is 0 Å². The quantitative estimate of drug-likeness (QED) is 0.777. The van der Waals surface area contributed by atoms with Gasteiger partial charge in [0, 0.05) is 58.4 Å². The van der Waals surface area contributed by atoms with Crippen molar-refractivity contribution < 1.29 is 4.79 Å². The number of hydrogen-bond acceptors (Lipinski definition) is 4. The predicted octanol–water partition coefficient (Wildman–Crippen LogP) is 1.69. The summed E-state index contributed by atoms with van der Waals surface area (Å²) in [7, 11) is 2.21. The van der Waals surface area contributed by atoms with E-state index in [9.17, 15) is 4.79 Å². The first-order chi connectivity index (χ1) is 13.7. The molecule has 1 aromatic rings.